The highest BCUT2D eigenvalue weighted by atomic mass is 32.2. The molecule has 0 aliphatic carbocycles. The van der Waals surface area contributed by atoms with E-state index >= 15 is 0 Å². The molecule has 1 aliphatic rings. The van der Waals surface area contributed by atoms with Crippen LogP contribution in [0.5, 0.6) is 0 Å². The number of rotatable bonds is 4. The molecular formula is C18H18F2N2O3S. The first-order valence-electron chi connectivity index (χ1n) is 8.19. The van der Waals surface area contributed by atoms with Gasteiger partial charge in [0.25, 0.3) is 0 Å². The van der Waals surface area contributed by atoms with Gasteiger partial charge in [0.2, 0.25) is 15.9 Å². The van der Waals surface area contributed by atoms with E-state index in [2.05, 4.69) is 5.32 Å². The van der Waals surface area contributed by atoms with Crippen LogP contribution in [0.25, 0.3) is 0 Å². The lowest BCUT2D eigenvalue weighted by molar-refractivity contribution is -0.121. The molecule has 1 heterocycles. The van der Waals surface area contributed by atoms with Crippen molar-refractivity contribution >= 4 is 21.6 Å². The third kappa shape index (κ3) is 3.76. The normalized spacial score (nSPS) is 16.4. The van der Waals surface area contributed by atoms with Crippen LogP contribution >= 0.6 is 0 Å². The number of nitrogens with one attached hydrogen (secondary N) is 1. The first-order valence-corrected chi connectivity index (χ1v) is 9.63. The molecule has 0 unspecified atom stereocenters. The number of amides is 1. The van der Waals surface area contributed by atoms with E-state index in [0.29, 0.717) is 0 Å². The Morgan fingerprint density at radius 1 is 0.962 bits per heavy atom. The average molecular weight is 380 g/mol. The van der Waals surface area contributed by atoms with Crippen LogP contribution in [0, 0.1) is 17.6 Å². The molecule has 8 heteroatoms. The first kappa shape index (κ1) is 18.5. The number of hydrogen-bond donors (Lipinski definition) is 1. The van der Waals surface area contributed by atoms with Crippen LogP contribution in [0.3, 0.4) is 0 Å². The van der Waals surface area contributed by atoms with Crippen LogP contribution in [0.15, 0.2) is 53.4 Å². The van der Waals surface area contributed by atoms with E-state index in [1.165, 1.54) is 22.5 Å². The van der Waals surface area contributed by atoms with Crippen LogP contribution in [0.4, 0.5) is 14.5 Å². The number of carbonyl (C=O) groups excluding carboxylic acids is 1. The summed E-state index contributed by atoms with van der Waals surface area (Å²) in [6.45, 7) is 0.351. The number of anilines is 1. The molecule has 0 saturated carbocycles. The summed E-state index contributed by atoms with van der Waals surface area (Å²) in [6, 6.07) is 11.4. The Labute approximate surface area is 150 Å². The first-order chi connectivity index (χ1) is 12.4. The minimum atomic E-state index is -3.60. The van der Waals surface area contributed by atoms with Gasteiger partial charge in [-0.1, -0.05) is 24.3 Å². The van der Waals surface area contributed by atoms with E-state index < -0.39 is 39.2 Å². The second-order valence-corrected chi connectivity index (χ2v) is 8.02. The van der Waals surface area contributed by atoms with Gasteiger partial charge in [0, 0.05) is 19.0 Å². The minimum absolute atomic E-state index is 0.176. The van der Waals surface area contributed by atoms with Crippen LogP contribution in [-0.2, 0) is 14.8 Å². The summed E-state index contributed by atoms with van der Waals surface area (Å²) in [5, 5.41) is 2.28. The zero-order chi connectivity index (χ0) is 18.7. The zero-order valence-electron chi connectivity index (χ0n) is 13.9. The van der Waals surface area contributed by atoms with Crippen LogP contribution in [-0.4, -0.2) is 31.7 Å². The third-order valence-electron chi connectivity index (χ3n) is 4.42. The Morgan fingerprint density at radius 2 is 1.54 bits per heavy atom. The van der Waals surface area contributed by atoms with Crippen molar-refractivity contribution in [2.24, 2.45) is 5.92 Å². The smallest absolute Gasteiger partial charge is 0.243 e. The molecule has 3 rings (SSSR count). The molecule has 26 heavy (non-hydrogen) atoms. The molecule has 0 radical (unpaired) electrons. The maximum atomic E-state index is 13.6. The summed E-state index contributed by atoms with van der Waals surface area (Å²) in [5.41, 5.74) is -0.475. The summed E-state index contributed by atoms with van der Waals surface area (Å²) in [6.07, 6.45) is 0.571. The summed E-state index contributed by atoms with van der Waals surface area (Å²) in [7, 11) is -3.60. The number of carbonyl (C=O) groups is 1. The Kier molecular flexibility index (Phi) is 5.33. The number of piperidine rings is 1. The summed E-state index contributed by atoms with van der Waals surface area (Å²) >= 11 is 0. The molecule has 1 fully saturated rings. The SMILES string of the molecule is O=C(Nc1c(F)cccc1F)C1CCN(S(=O)(=O)c2ccccc2)CC1. The van der Waals surface area contributed by atoms with Crippen LogP contribution in [0.1, 0.15) is 12.8 Å². The van der Waals surface area contributed by atoms with Crippen molar-refractivity contribution in [1.29, 1.82) is 0 Å². The molecule has 0 atom stereocenters. The van der Waals surface area contributed by atoms with Gasteiger partial charge in [-0.15, -0.1) is 0 Å². The molecule has 5 nitrogen and oxygen atoms in total. The Hall–Kier alpha value is -2.32. The van der Waals surface area contributed by atoms with Gasteiger partial charge in [-0.3, -0.25) is 4.79 Å². The maximum Gasteiger partial charge on any atom is 0.243 e. The quantitative estimate of drug-likeness (QED) is 0.887. The number of nitrogens with zero attached hydrogens (tertiary/aromatic N) is 1. The third-order valence-corrected chi connectivity index (χ3v) is 6.33. The van der Waals surface area contributed by atoms with Crippen molar-refractivity contribution in [3.63, 3.8) is 0 Å². The van der Waals surface area contributed by atoms with Gasteiger partial charge >= 0.3 is 0 Å². The standard InChI is InChI=1S/C18H18F2N2O3S/c19-15-7-4-8-16(20)17(15)21-18(23)13-9-11-22(12-10-13)26(24,25)14-5-2-1-3-6-14/h1-8,13H,9-12H2,(H,21,23). The van der Waals surface area contributed by atoms with Gasteiger partial charge in [-0.05, 0) is 37.1 Å². The molecule has 138 valence electrons. The number of benzene rings is 2. The van der Waals surface area contributed by atoms with Crippen LogP contribution in [0.2, 0.25) is 0 Å². The molecule has 0 bridgehead atoms. The number of hydrogen-bond acceptors (Lipinski definition) is 3. The highest BCUT2D eigenvalue weighted by Gasteiger charge is 2.32. The number of para-hydroxylation sites is 1. The van der Waals surface area contributed by atoms with Crippen molar-refractivity contribution in [2.45, 2.75) is 17.7 Å². The minimum Gasteiger partial charge on any atom is -0.321 e. The molecule has 1 amide bonds. The van der Waals surface area contributed by atoms with Gasteiger partial charge in [0.05, 0.1) is 4.90 Å². The Balaban J connectivity index is 1.64. The van der Waals surface area contributed by atoms with Gasteiger partial charge < -0.3 is 5.32 Å². The van der Waals surface area contributed by atoms with Crippen molar-refractivity contribution in [1.82, 2.24) is 4.31 Å². The highest BCUT2D eigenvalue weighted by molar-refractivity contribution is 7.89. The van der Waals surface area contributed by atoms with Crippen molar-refractivity contribution in [2.75, 3.05) is 18.4 Å². The monoisotopic (exact) mass is 380 g/mol. The van der Waals surface area contributed by atoms with Crippen molar-refractivity contribution in [3.8, 4) is 0 Å². The number of sulfonamides is 1. The maximum absolute atomic E-state index is 13.6. The molecule has 1 aliphatic heterocycles. The molecule has 0 spiro atoms. The zero-order valence-corrected chi connectivity index (χ0v) is 14.7. The Bertz CT molecular complexity index is 876. The second-order valence-electron chi connectivity index (χ2n) is 6.08. The fourth-order valence-corrected chi connectivity index (χ4v) is 4.43. The average Bonchev–Trinajstić information content (AvgIpc) is 2.65. The lowest BCUT2D eigenvalue weighted by atomic mass is 9.97. The van der Waals surface area contributed by atoms with Crippen molar-refractivity contribution < 1.29 is 22.0 Å². The lowest BCUT2D eigenvalue weighted by Gasteiger charge is -2.30. The van der Waals surface area contributed by atoms with Crippen LogP contribution < -0.4 is 5.32 Å². The van der Waals surface area contributed by atoms with E-state index in [1.54, 1.807) is 18.2 Å². The lowest BCUT2D eigenvalue weighted by Crippen LogP contribution is -2.41. The van der Waals surface area contributed by atoms with E-state index in [0.717, 1.165) is 12.1 Å². The predicted molar refractivity (Wildman–Crippen MR) is 92.9 cm³/mol. The van der Waals surface area contributed by atoms with Gasteiger partial charge in [0.15, 0.2) is 0 Å². The molecular weight excluding hydrogens is 362 g/mol. The summed E-state index contributed by atoms with van der Waals surface area (Å²) in [4.78, 5) is 12.5. The van der Waals surface area contributed by atoms with E-state index in [1.807, 2.05) is 0 Å². The predicted octanol–water partition coefficient (Wildman–Crippen LogP) is 3.00. The summed E-state index contributed by atoms with van der Waals surface area (Å²) < 4.78 is 53.8. The summed E-state index contributed by atoms with van der Waals surface area (Å²) in [5.74, 6) is -2.70. The van der Waals surface area contributed by atoms with Gasteiger partial charge in [-0.2, -0.15) is 4.31 Å². The fourth-order valence-electron chi connectivity index (χ4n) is 2.94. The van der Waals surface area contributed by atoms with E-state index in [4.69, 9.17) is 0 Å². The molecule has 0 aromatic heterocycles. The molecule has 2 aromatic carbocycles. The molecule has 2 aromatic rings. The van der Waals surface area contributed by atoms with Gasteiger partial charge in [0.1, 0.15) is 17.3 Å². The second kappa shape index (κ2) is 7.51. The van der Waals surface area contributed by atoms with E-state index in [-0.39, 0.29) is 30.8 Å². The van der Waals surface area contributed by atoms with E-state index in [9.17, 15) is 22.0 Å². The largest absolute Gasteiger partial charge is 0.321 e. The number of halogens is 2. The van der Waals surface area contributed by atoms with Crippen molar-refractivity contribution in [3.05, 3.63) is 60.2 Å². The fraction of sp³-hybridized carbons (Fsp3) is 0.278. The highest BCUT2D eigenvalue weighted by Crippen LogP contribution is 2.26. The Morgan fingerprint density at radius 3 is 2.12 bits per heavy atom. The molecule has 1 saturated heterocycles. The molecule has 1 N–H and O–H groups in total. The van der Waals surface area contributed by atoms with Gasteiger partial charge in [-0.25, -0.2) is 17.2 Å². The topological polar surface area (TPSA) is 66.5 Å².